The number of ether oxygens (including phenoxy) is 1. The molecule has 1 heterocycles. The van der Waals surface area contributed by atoms with Crippen LogP contribution in [0.15, 0.2) is 84.0 Å². The summed E-state index contributed by atoms with van der Waals surface area (Å²) >= 11 is 6.19. The Morgan fingerprint density at radius 1 is 1.09 bits per heavy atom. The van der Waals surface area contributed by atoms with E-state index in [0.29, 0.717) is 24.7 Å². The van der Waals surface area contributed by atoms with E-state index in [1.807, 2.05) is 54.6 Å². The fourth-order valence-electron chi connectivity index (χ4n) is 3.89. The molecule has 172 valence electrons. The Morgan fingerprint density at radius 3 is 2.64 bits per heavy atom. The fraction of sp³-hybridized carbons (Fsp3) is 0.296. The lowest BCUT2D eigenvalue weighted by molar-refractivity contribution is 0.0213. The van der Waals surface area contributed by atoms with Gasteiger partial charge in [0, 0.05) is 31.1 Å². The van der Waals surface area contributed by atoms with Gasteiger partial charge in [0.15, 0.2) is 0 Å². The van der Waals surface area contributed by atoms with Crippen molar-refractivity contribution < 1.29 is 14.7 Å². The van der Waals surface area contributed by atoms with E-state index in [2.05, 4.69) is 41.2 Å². The zero-order chi connectivity index (χ0) is 23.0. The normalized spacial score (nSPS) is 16.4. The van der Waals surface area contributed by atoms with Gasteiger partial charge in [-0.2, -0.15) is 0 Å². The summed E-state index contributed by atoms with van der Waals surface area (Å²) < 4.78 is 5.74. The zero-order valence-electron chi connectivity index (χ0n) is 18.7. The monoisotopic (exact) mass is 464 g/mol. The van der Waals surface area contributed by atoms with Crippen LogP contribution in [0, 0.1) is 6.92 Å². The molecule has 33 heavy (non-hydrogen) atoms. The van der Waals surface area contributed by atoms with Crippen molar-refractivity contribution in [1.82, 2.24) is 4.90 Å². The number of nitrogens with zero attached hydrogens (tertiary/aromatic N) is 2. The van der Waals surface area contributed by atoms with Crippen molar-refractivity contribution in [2.75, 3.05) is 19.7 Å². The van der Waals surface area contributed by atoms with Crippen LogP contribution in [0.25, 0.3) is 0 Å². The first-order valence-corrected chi connectivity index (χ1v) is 11.6. The van der Waals surface area contributed by atoms with E-state index in [1.54, 1.807) is 0 Å². The molecule has 0 radical (unpaired) electrons. The highest BCUT2D eigenvalue weighted by atomic mass is 35.5. The van der Waals surface area contributed by atoms with Gasteiger partial charge in [-0.1, -0.05) is 76.9 Å². The first kappa shape index (κ1) is 23.3. The number of hydrogen-bond donors (Lipinski definition) is 1. The topological polar surface area (TPSA) is 54.3 Å². The van der Waals surface area contributed by atoms with E-state index in [9.17, 15) is 5.11 Å². The van der Waals surface area contributed by atoms with Crippen LogP contribution >= 0.6 is 11.6 Å². The highest BCUT2D eigenvalue weighted by molar-refractivity contribution is 6.30. The molecule has 2 atom stereocenters. The lowest BCUT2D eigenvalue weighted by Crippen LogP contribution is -2.39. The smallest absolute Gasteiger partial charge is 0.145 e. The minimum atomic E-state index is -0.650. The quantitative estimate of drug-likeness (QED) is 0.454. The van der Waals surface area contributed by atoms with Crippen molar-refractivity contribution in [3.8, 4) is 5.75 Å². The number of aliphatic hydroxyl groups excluding tert-OH is 1. The number of para-hydroxylation sites is 1. The van der Waals surface area contributed by atoms with E-state index in [1.165, 1.54) is 5.56 Å². The first-order chi connectivity index (χ1) is 16.0. The van der Waals surface area contributed by atoms with Crippen LogP contribution < -0.4 is 4.74 Å². The summed E-state index contributed by atoms with van der Waals surface area (Å²) in [6.45, 7) is 4.00. The van der Waals surface area contributed by atoms with Gasteiger partial charge in [0.1, 0.15) is 24.6 Å². The van der Waals surface area contributed by atoms with Crippen molar-refractivity contribution in [3.05, 3.63) is 101 Å². The van der Waals surface area contributed by atoms with E-state index >= 15 is 0 Å². The lowest BCUT2D eigenvalue weighted by Gasteiger charge is -2.27. The summed E-state index contributed by atoms with van der Waals surface area (Å²) in [6, 6.07) is 25.6. The number of aliphatic hydroxyl groups is 1. The maximum atomic E-state index is 10.7. The molecule has 3 aromatic rings. The second-order valence-corrected chi connectivity index (χ2v) is 8.87. The van der Waals surface area contributed by atoms with Crippen molar-refractivity contribution >= 4 is 17.3 Å². The minimum absolute atomic E-state index is 0.0808. The number of halogens is 1. The molecule has 0 spiro atoms. The molecule has 0 aromatic heterocycles. The molecule has 6 heteroatoms. The second kappa shape index (κ2) is 11.3. The average molecular weight is 465 g/mol. The highest BCUT2D eigenvalue weighted by Crippen LogP contribution is 2.20. The molecule has 1 N–H and O–H groups in total. The number of aryl methyl sites for hydroxylation is 1. The molecule has 1 aliphatic heterocycles. The molecule has 0 amide bonds. The van der Waals surface area contributed by atoms with E-state index in [-0.39, 0.29) is 12.7 Å². The van der Waals surface area contributed by atoms with E-state index < -0.39 is 6.10 Å². The average Bonchev–Trinajstić information content (AvgIpc) is 3.27. The largest absolute Gasteiger partial charge is 0.491 e. The molecular weight excluding hydrogens is 436 g/mol. The van der Waals surface area contributed by atoms with E-state index in [0.717, 1.165) is 29.0 Å². The van der Waals surface area contributed by atoms with Gasteiger partial charge in [0.2, 0.25) is 0 Å². The summed E-state index contributed by atoms with van der Waals surface area (Å²) in [5, 5.41) is 15.7. The van der Waals surface area contributed by atoms with Crippen molar-refractivity contribution in [2.24, 2.45) is 5.16 Å². The molecule has 0 saturated heterocycles. The first-order valence-electron chi connectivity index (χ1n) is 11.2. The SMILES string of the molecule is Cc1ccc(C2=NO[C@@H](CN(Cc3cccc(Cl)c3)C[C@@H](O)COc3ccccc3)C2)cc1. The van der Waals surface area contributed by atoms with Gasteiger partial charge in [-0.15, -0.1) is 0 Å². The van der Waals surface area contributed by atoms with Gasteiger partial charge in [-0.3, -0.25) is 4.90 Å². The van der Waals surface area contributed by atoms with Crippen LogP contribution in [0.3, 0.4) is 0 Å². The van der Waals surface area contributed by atoms with Crippen LogP contribution in [0.1, 0.15) is 23.1 Å². The number of benzene rings is 3. The van der Waals surface area contributed by atoms with E-state index in [4.69, 9.17) is 21.2 Å². The Hall–Kier alpha value is -2.86. The maximum Gasteiger partial charge on any atom is 0.145 e. The molecule has 3 aromatic carbocycles. The molecule has 5 nitrogen and oxygen atoms in total. The summed E-state index contributed by atoms with van der Waals surface area (Å²) in [4.78, 5) is 7.93. The summed E-state index contributed by atoms with van der Waals surface area (Å²) in [5.41, 5.74) is 4.34. The van der Waals surface area contributed by atoms with Crippen LogP contribution in [0.5, 0.6) is 5.75 Å². The Morgan fingerprint density at radius 2 is 1.88 bits per heavy atom. The predicted octanol–water partition coefficient (Wildman–Crippen LogP) is 5.08. The summed E-state index contributed by atoms with van der Waals surface area (Å²) in [5.74, 6) is 0.744. The zero-order valence-corrected chi connectivity index (χ0v) is 19.5. The summed E-state index contributed by atoms with van der Waals surface area (Å²) in [7, 11) is 0. The minimum Gasteiger partial charge on any atom is -0.491 e. The van der Waals surface area contributed by atoms with Gasteiger partial charge >= 0.3 is 0 Å². The standard InChI is InChI=1S/C27H29ClN2O3/c1-20-10-12-22(13-11-20)27-15-26(33-29-27)18-30(16-21-6-5-7-23(28)14-21)17-24(31)19-32-25-8-3-2-4-9-25/h2-14,24,26,31H,15-19H2,1H3/t24-,26-/m1/s1. The van der Waals surface area contributed by atoms with Gasteiger partial charge in [0.25, 0.3) is 0 Å². The van der Waals surface area contributed by atoms with Crippen LogP contribution in [0.4, 0.5) is 0 Å². The maximum absolute atomic E-state index is 10.7. The van der Waals surface area contributed by atoms with Crippen LogP contribution in [-0.4, -0.2) is 47.6 Å². The third-order valence-corrected chi connectivity index (χ3v) is 5.76. The number of oxime groups is 1. The second-order valence-electron chi connectivity index (χ2n) is 8.44. The van der Waals surface area contributed by atoms with Crippen LogP contribution in [0.2, 0.25) is 5.02 Å². The molecule has 0 bridgehead atoms. The lowest BCUT2D eigenvalue weighted by atomic mass is 10.0. The Kier molecular flexibility index (Phi) is 8.00. The third-order valence-electron chi connectivity index (χ3n) is 5.53. The highest BCUT2D eigenvalue weighted by Gasteiger charge is 2.26. The molecule has 0 saturated carbocycles. The van der Waals surface area contributed by atoms with Crippen molar-refractivity contribution in [3.63, 3.8) is 0 Å². The van der Waals surface area contributed by atoms with Gasteiger partial charge < -0.3 is 14.7 Å². The van der Waals surface area contributed by atoms with Gasteiger partial charge in [0.05, 0.1) is 5.71 Å². The molecule has 0 aliphatic carbocycles. The molecule has 4 rings (SSSR count). The Labute approximate surface area is 200 Å². The van der Waals surface area contributed by atoms with Crippen LogP contribution in [-0.2, 0) is 11.4 Å². The number of rotatable bonds is 10. The van der Waals surface area contributed by atoms with Gasteiger partial charge in [-0.05, 0) is 42.3 Å². The van der Waals surface area contributed by atoms with Crippen molar-refractivity contribution in [2.45, 2.75) is 32.1 Å². The summed E-state index contributed by atoms with van der Waals surface area (Å²) in [6.07, 6.45) is -0.00265. The third kappa shape index (κ3) is 7.06. The van der Waals surface area contributed by atoms with Crippen molar-refractivity contribution in [1.29, 1.82) is 0 Å². The molecule has 0 fully saturated rings. The van der Waals surface area contributed by atoms with Gasteiger partial charge in [-0.25, -0.2) is 0 Å². The molecule has 1 aliphatic rings. The Balaban J connectivity index is 1.37. The number of hydrogen-bond acceptors (Lipinski definition) is 5. The fourth-order valence-corrected chi connectivity index (χ4v) is 4.10. The molecule has 0 unspecified atom stereocenters. The Bertz CT molecular complexity index is 1060. The predicted molar refractivity (Wildman–Crippen MR) is 132 cm³/mol. The molecular formula is C27H29ClN2O3.